The lowest BCUT2D eigenvalue weighted by molar-refractivity contribution is 0.294. The second-order valence-electron chi connectivity index (χ2n) is 8.47. The molecule has 3 aromatic heterocycles. The van der Waals surface area contributed by atoms with Gasteiger partial charge in [-0.15, -0.1) is 26.6 Å². The van der Waals surface area contributed by atoms with Crippen LogP contribution in [0.3, 0.4) is 0 Å². The molecule has 0 saturated carbocycles. The fraction of sp³-hybridized carbons (Fsp3) is 0.107. The third-order valence-corrected chi connectivity index (χ3v) is 6.82. The average molecular weight is 506 g/mol. The molecule has 0 spiro atoms. The first kappa shape index (κ1) is 22.8. The van der Waals surface area contributed by atoms with Gasteiger partial charge in [-0.05, 0) is 18.6 Å². The molecular formula is C28H23N7OS. The van der Waals surface area contributed by atoms with Crippen molar-refractivity contribution >= 4 is 11.3 Å². The number of nitrogens with zero attached hydrogens (tertiary/aromatic N) is 7. The van der Waals surface area contributed by atoms with Crippen molar-refractivity contribution < 1.29 is 4.74 Å². The Morgan fingerprint density at radius 3 is 2.24 bits per heavy atom. The molecule has 8 nitrogen and oxygen atoms in total. The predicted octanol–water partition coefficient (Wildman–Crippen LogP) is 5.74. The number of ether oxygens (including phenoxy) is 1. The van der Waals surface area contributed by atoms with Crippen molar-refractivity contribution in [1.29, 1.82) is 0 Å². The Morgan fingerprint density at radius 2 is 1.49 bits per heavy atom. The monoisotopic (exact) mass is 505 g/mol. The lowest BCUT2D eigenvalue weighted by Gasteiger charge is -2.06. The van der Waals surface area contributed by atoms with Crippen LogP contribution < -0.4 is 4.74 Å². The van der Waals surface area contributed by atoms with Crippen molar-refractivity contribution in [3.63, 3.8) is 0 Å². The largest absolute Gasteiger partial charge is 0.485 e. The van der Waals surface area contributed by atoms with Crippen molar-refractivity contribution in [1.82, 2.24) is 34.5 Å². The van der Waals surface area contributed by atoms with E-state index in [0.717, 1.165) is 33.3 Å². The molecule has 0 aliphatic carbocycles. The van der Waals surface area contributed by atoms with Crippen molar-refractivity contribution in [3.05, 3.63) is 102 Å². The molecular weight excluding hydrogens is 482 g/mol. The highest BCUT2D eigenvalue weighted by molar-refractivity contribution is 7.13. The van der Waals surface area contributed by atoms with Crippen LogP contribution in [0, 0.1) is 6.92 Å². The van der Waals surface area contributed by atoms with Gasteiger partial charge < -0.3 is 4.74 Å². The summed E-state index contributed by atoms with van der Waals surface area (Å²) in [6, 6.07) is 27.9. The molecule has 3 aromatic carbocycles. The number of thiazole rings is 1. The van der Waals surface area contributed by atoms with Crippen LogP contribution in [-0.2, 0) is 13.7 Å². The van der Waals surface area contributed by atoms with E-state index in [1.54, 1.807) is 16.0 Å². The normalized spacial score (nSPS) is 11.1. The lowest BCUT2D eigenvalue weighted by Crippen LogP contribution is -2.08. The molecule has 0 amide bonds. The summed E-state index contributed by atoms with van der Waals surface area (Å²) in [4.78, 5) is 9.70. The van der Waals surface area contributed by atoms with E-state index in [1.807, 2.05) is 109 Å². The number of benzene rings is 3. The van der Waals surface area contributed by atoms with E-state index in [4.69, 9.17) is 19.8 Å². The molecule has 0 fully saturated rings. The van der Waals surface area contributed by atoms with E-state index in [2.05, 4.69) is 10.2 Å². The SMILES string of the molecule is Cc1ccccc1OCc1nc(-c2csc(-c3ccccc3)n2)n(-c2nnc(-c3ccccc3)n2C)n1. The van der Waals surface area contributed by atoms with Crippen LogP contribution in [0.5, 0.6) is 5.75 Å². The van der Waals surface area contributed by atoms with Crippen LogP contribution >= 0.6 is 11.3 Å². The smallest absolute Gasteiger partial charge is 0.254 e. The van der Waals surface area contributed by atoms with Crippen LogP contribution in [-0.4, -0.2) is 34.5 Å². The standard InChI is InChI=1S/C28H23N7OS/c1-19-11-9-10-16-23(19)36-17-24-30-26(22-18-37-27(29-22)21-14-7-4-8-15-21)35(33-24)28-32-31-25(34(28)2)20-12-5-3-6-13-20/h3-16,18H,17H2,1-2H3. The summed E-state index contributed by atoms with van der Waals surface area (Å²) in [6.07, 6.45) is 0. The molecule has 9 heteroatoms. The number of aromatic nitrogens is 7. The molecule has 0 aliphatic heterocycles. The first-order valence-corrected chi connectivity index (χ1v) is 12.7. The Morgan fingerprint density at radius 1 is 0.784 bits per heavy atom. The maximum absolute atomic E-state index is 6.04. The Kier molecular flexibility index (Phi) is 6.03. The van der Waals surface area contributed by atoms with Gasteiger partial charge in [-0.1, -0.05) is 78.9 Å². The lowest BCUT2D eigenvalue weighted by atomic mass is 10.2. The molecule has 0 radical (unpaired) electrons. The van der Waals surface area contributed by atoms with Crippen LogP contribution in [0.4, 0.5) is 0 Å². The van der Waals surface area contributed by atoms with Gasteiger partial charge in [-0.3, -0.25) is 4.57 Å². The Labute approximate surface area is 217 Å². The molecule has 0 N–H and O–H groups in total. The highest BCUT2D eigenvalue weighted by atomic mass is 32.1. The van der Waals surface area contributed by atoms with Crippen molar-refractivity contribution in [2.24, 2.45) is 7.05 Å². The Bertz CT molecular complexity index is 1650. The quantitative estimate of drug-likeness (QED) is 0.275. The van der Waals surface area contributed by atoms with Gasteiger partial charge in [-0.25, -0.2) is 9.97 Å². The van der Waals surface area contributed by atoms with Crippen LogP contribution in [0.25, 0.3) is 39.4 Å². The van der Waals surface area contributed by atoms with E-state index < -0.39 is 0 Å². The first-order chi connectivity index (χ1) is 18.2. The predicted molar refractivity (Wildman–Crippen MR) is 143 cm³/mol. The number of hydrogen-bond acceptors (Lipinski definition) is 7. The van der Waals surface area contributed by atoms with Gasteiger partial charge in [-0.2, -0.15) is 4.68 Å². The Balaban J connectivity index is 1.41. The van der Waals surface area contributed by atoms with Gasteiger partial charge in [0.25, 0.3) is 5.95 Å². The molecule has 6 rings (SSSR count). The van der Waals surface area contributed by atoms with Crippen LogP contribution in [0.1, 0.15) is 11.4 Å². The average Bonchev–Trinajstić information content (AvgIpc) is 3.67. The highest BCUT2D eigenvalue weighted by Gasteiger charge is 2.22. The molecule has 3 heterocycles. The van der Waals surface area contributed by atoms with Crippen molar-refractivity contribution in [2.45, 2.75) is 13.5 Å². The number of para-hydroxylation sites is 1. The summed E-state index contributed by atoms with van der Waals surface area (Å²) >= 11 is 1.56. The summed E-state index contributed by atoms with van der Waals surface area (Å²) in [5.74, 6) is 3.18. The van der Waals surface area contributed by atoms with Crippen LogP contribution in [0.2, 0.25) is 0 Å². The van der Waals surface area contributed by atoms with Gasteiger partial charge in [0, 0.05) is 23.6 Å². The fourth-order valence-corrected chi connectivity index (χ4v) is 4.82. The minimum atomic E-state index is 0.212. The van der Waals surface area contributed by atoms with E-state index in [1.165, 1.54) is 0 Å². The van der Waals surface area contributed by atoms with Gasteiger partial charge >= 0.3 is 0 Å². The minimum absolute atomic E-state index is 0.212. The zero-order chi connectivity index (χ0) is 25.2. The van der Waals surface area contributed by atoms with Crippen molar-refractivity contribution in [2.75, 3.05) is 0 Å². The summed E-state index contributed by atoms with van der Waals surface area (Å²) in [5, 5.41) is 16.6. The second kappa shape index (κ2) is 9.79. The second-order valence-corrected chi connectivity index (χ2v) is 9.33. The van der Waals surface area contributed by atoms with Gasteiger partial charge in [0.15, 0.2) is 17.5 Å². The number of hydrogen-bond donors (Lipinski definition) is 0. The van der Waals surface area contributed by atoms with Gasteiger partial charge in [0.2, 0.25) is 0 Å². The molecule has 182 valence electrons. The molecule has 37 heavy (non-hydrogen) atoms. The Hall–Kier alpha value is -4.63. The summed E-state index contributed by atoms with van der Waals surface area (Å²) < 4.78 is 9.64. The van der Waals surface area contributed by atoms with Gasteiger partial charge in [0.1, 0.15) is 23.1 Å². The fourth-order valence-electron chi connectivity index (χ4n) is 4.02. The van der Waals surface area contributed by atoms with Crippen LogP contribution in [0.15, 0.2) is 90.3 Å². The minimum Gasteiger partial charge on any atom is -0.485 e. The summed E-state index contributed by atoms with van der Waals surface area (Å²) in [6.45, 7) is 2.22. The maximum Gasteiger partial charge on any atom is 0.254 e. The summed E-state index contributed by atoms with van der Waals surface area (Å²) in [7, 11) is 1.92. The third-order valence-electron chi connectivity index (χ3n) is 5.93. The molecule has 0 aliphatic rings. The number of aryl methyl sites for hydroxylation is 1. The molecule has 0 saturated heterocycles. The van der Waals surface area contributed by atoms with Gasteiger partial charge in [0.05, 0.1) is 0 Å². The van der Waals surface area contributed by atoms with E-state index in [-0.39, 0.29) is 6.61 Å². The number of rotatable bonds is 7. The van der Waals surface area contributed by atoms with E-state index in [9.17, 15) is 0 Å². The van der Waals surface area contributed by atoms with E-state index in [0.29, 0.717) is 23.3 Å². The zero-order valence-electron chi connectivity index (χ0n) is 20.3. The highest BCUT2D eigenvalue weighted by Crippen LogP contribution is 2.30. The van der Waals surface area contributed by atoms with E-state index >= 15 is 0 Å². The molecule has 0 atom stereocenters. The third kappa shape index (κ3) is 4.52. The zero-order valence-corrected chi connectivity index (χ0v) is 21.1. The topological polar surface area (TPSA) is 83.5 Å². The molecule has 0 unspecified atom stereocenters. The molecule has 6 aromatic rings. The van der Waals surface area contributed by atoms with Crippen molar-refractivity contribution in [3.8, 4) is 45.2 Å². The maximum atomic E-state index is 6.04. The summed E-state index contributed by atoms with van der Waals surface area (Å²) in [5.41, 5.74) is 3.78. The molecule has 0 bridgehead atoms. The first-order valence-electron chi connectivity index (χ1n) is 11.8.